The van der Waals surface area contributed by atoms with Crippen molar-refractivity contribution in [2.45, 2.75) is 4.90 Å². The zero-order valence-electron chi connectivity index (χ0n) is 7.34. The summed E-state index contributed by atoms with van der Waals surface area (Å²) in [6.45, 7) is 0. The number of sulfonamides is 1. The van der Waals surface area contributed by atoms with E-state index in [-0.39, 0.29) is 10.5 Å². The van der Waals surface area contributed by atoms with Gasteiger partial charge in [0.15, 0.2) is 0 Å². The van der Waals surface area contributed by atoms with Gasteiger partial charge in [-0.1, -0.05) is 0 Å². The van der Waals surface area contributed by atoms with Crippen LogP contribution in [0.2, 0.25) is 0 Å². The lowest BCUT2D eigenvalue weighted by Crippen LogP contribution is -2.12. The van der Waals surface area contributed by atoms with Gasteiger partial charge in [-0.2, -0.15) is 8.42 Å². The van der Waals surface area contributed by atoms with Gasteiger partial charge in [-0.15, -0.1) is 4.40 Å². The lowest BCUT2D eigenvalue weighted by atomic mass is 10.2. The van der Waals surface area contributed by atoms with Gasteiger partial charge < -0.3 is 10.4 Å². The van der Waals surface area contributed by atoms with Gasteiger partial charge in [-0.05, 0) is 18.2 Å². The highest BCUT2D eigenvalue weighted by Crippen LogP contribution is 2.26. The van der Waals surface area contributed by atoms with Crippen molar-refractivity contribution in [2.75, 3.05) is 5.32 Å². The quantitative estimate of drug-likeness (QED) is 0.728. The maximum Gasteiger partial charge on any atom is 0.335 e. The van der Waals surface area contributed by atoms with E-state index in [4.69, 9.17) is 5.11 Å². The molecule has 0 fully saturated rings. The molecule has 0 bridgehead atoms. The summed E-state index contributed by atoms with van der Waals surface area (Å²) in [5.41, 5.74) is 0.242. The molecule has 0 radical (unpaired) electrons. The molecule has 0 spiro atoms. The van der Waals surface area contributed by atoms with Crippen LogP contribution in [0.15, 0.2) is 27.5 Å². The largest absolute Gasteiger partial charge is 0.478 e. The minimum atomic E-state index is -3.75. The van der Waals surface area contributed by atoms with E-state index in [0.717, 1.165) is 12.4 Å². The third kappa shape index (κ3) is 1.57. The Hall–Kier alpha value is -1.89. The number of aromatic carboxylic acids is 1. The third-order valence-electron chi connectivity index (χ3n) is 1.92. The van der Waals surface area contributed by atoms with Gasteiger partial charge in [0.1, 0.15) is 11.2 Å². The Bertz CT molecular complexity index is 562. The molecule has 1 heterocycles. The van der Waals surface area contributed by atoms with E-state index < -0.39 is 16.0 Å². The van der Waals surface area contributed by atoms with E-state index in [1.165, 1.54) is 12.1 Å². The number of hydrogen-bond donors (Lipinski definition) is 2. The second-order valence-corrected chi connectivity index (χ2v) is 4.47. The van der Waals surface area contributed by atoms with Crippen LogP contribution in [0.5, 0.6) is 0 Å². The fraction of sp³-hybridized carbons (Fsp3) is 0. The van der Waals surface area contributed by atoms with Crippen molar-refractivity contribution in [3.63, 3.8) is 0 Å². The van der Waals surface area contributed by atoms with Gasteiger partial charge >= 0.3 is 5.97 Å². The van der Waals surface area contributed by atoms with Gasteiger partial charge in [0.25, 0.3) is 10.0 Å². The van der Waals surface area contributed by atoms with Gasteiger partial charge in [-0.3, -0.25) is 0 Å². The second kappa shape index (κ2) is 3.06. The fourth-order valence-corrected chi connectivity index (χ4v) is 2.20. The molecule has 1 aromatic carbocycles. The summed E-state index contributed by atoms with van der Waals surface area (Å²) in [6.07, 6.45) is 1.05. The van der Waals surface area contributed by atoms with Crippen LogP contribution in [0.4, 0.5) is 5.69 Å². The first-order chi connectivity index (χ1) is 7.00. The van der Waals surface area contributed by atoms with Crippen LogP contribution >= 0.6 is 0 Å². The first kappa shape index (κ1) is 9.66. The average molecular weight is 226 g/mol. The van der Waals surface area contributed by atoms with Crippen molar-refractivity contribution >= 4 is 28.0 Å². The molecule has 0 saturated heterocycles. The number of carboxylic acid groups (broad SMARTS) is 1. The van der Waals surface area contributed by atoms with Crippen LogP contribution in [0.3, 0.4) is 0 Å². The van der Waals surface area contributed by atoms with Crippen molar-refractivity contribution in [2.24, 2.45) is 4.40 Å². The van der Waals surface area contributed by atoms with E-state index in [0.29, 0.717) is 5.69 Å². The van der Waals surface area contributed by atoms with Crippen LogP contribution in [-0.4, -0.2) is 25.8 Å². The highest BCUT2D eigenvalue weighted by molar-refractivity contribution is 7.90. The van der Waals surface area contributed by atoms with Gasteiger partial charge in [0.05, 0.1) is 11.3 Å². The Morgan fingerprint density at radius 3 is 2.80 bits per heavy atom. The molecule has 0 saturated carbocycles. The summed E-state index contributed by atoms with van der Waals surface area (Å²) in [5.74, 6) is -1.18. The Labute approximate surface area is 85.3 Å². The molecule has 6 nitrogen and oxygen atoms in total. The molecule has 0 amide bonds. The summed E-state index contributed by atoms with van der Waals surface area (Å²) >= 11 is 0. The lowest BCUT2D eigenvalue weighted by molar-refractivity contribution is 0.0696. The summed E-state index contributed by atoms with van der Waals surface area (Å²) in [4.78, 5) is 10.5. The van der Waals surface area contributed by atoms with Gasteiger partial charge in [0.2, 0.25) is 0 Å². The van der Waals surface area contributed by atoms with Crippen LogP contribution in [-0.2, 0) is 10.0 Å². The van der Waals surface area contributed by atoms with Crippen molar-refractivity contribution < 1.29 is 18.3 Å². The molecule has 0 aromatic heterocycles. The van der Waals surface area contributed by atoms with E-state index in [2.05, 4.69) is 9.71 Å². The predicted molar refractivity (Wildman–Crippen MR) is 52.7 cm³/mol. The molecule has 1 aromatic rings. The van der Waals surface area contributed by atoms with E-state index in [1.807, 2.05) is 0 Å². The summed E-state index contributed by atoms with van der Waals surface area (Å²) in [6, 6.07) is 3.79. The number of nitrogens with zero attached hydrogens (tertiary/aromatic N) is 1. The van der Waals surface area contributed by atoms with Crippen molar-refractivity contribution in [1.82, 2.24) is 0 Å². The number of rotatable bonds is 1. The molecule has 1 aliphatic heterocycles. The molecule has 0 aliphatic carbocycles. The molecule has 7 heteroatoms. The highest BCUT2D eigenvalue weighted by Gasteiger charge is 2.22. The molecule has 15 heavy (non-hydrogen) atoms. The Morgan fingerprint density at radius 1 is 1.40 bits per heavy atom. The number of carboxylic acids is 1. The minimum Gasteiger partial charge on any atom is -0.478 e. The van der Waals surface area contributed by atoms with Crippen LogP contribution < -0.4 is 5.32 Å². The van der Waals surface area contributed by atoms with E-state index >= 15 is 0 Å². The second-order valence-electron chi connectivity index (χ2n) is 2.87. The van der Waals surface area contributed by atoms with Crippen molar-refractivity contribution in [3.05, 3.63) is 23.8 Å². The maximum absolute atomic E-state index is 11.4. The Kier molecular flexibility index (Phi) is 1.97. The molecular formula is C8H6N2O4S. The minimum absolute atomic E-state index is 0.0868. The molecule has 78 valence electrons. The molecule has 2 rings (SSSR count). The van der Waals surface area contributed by atoms with Gasteiger partial charge in [0, 0.05) is 0 Å². The molecule has 0 atom stereocenters. The summed E-state index contributed by atoms with van der Waals surface area (Å²) < 4.78 is 26.1. The summed E-state index contributed by atoms with van der Waals surface area (Å²) in [5, 5.41) is 11.3. The Balaban J connectivity index is 2.68. The number of carbonyl (C=O) groups is 1. The third-order valence-corrected chi connectivity index (χ3v) is 3.19. The van der Waals surface area contributed by atoms with Gasteiger partial charge in [-0.25, -0.2) is 4.79 Å². The Morgan fingerprint density at radius 2 is 2.13 bits per heavy atom. The van der Waals surface area contributed by atoms with Crippen LogP contribution in [0.1, 0.15) is 10.4 Å². The lowest BCUT2D eigenvalue weighted by Gasteiger charge is -2.11. The normalized spacial score (nSPS) is 16.5. The van der Waals surface area contributed by atoms with Crippen molar-refractivity contribution in [3.8, 4) is 0 Å². The van der Waals surface area contributed by atoms with Crippen LogP contribution in [0, 0.1) is 0 Å². The summed E-state index contributed by atoms with van der Waals surface area (Å²) in [7, 11) is -3.75. The number of nitrogens with one attached hydrogen (secondary N) is 1. The number of fused-ring (bicyclic) bond motifs is 1. The topological polar surface area (TPSA) is 95.8 Å². The SMILES string of the molecule is O=C(O)c1ccc2c(c1)S(=O)(=O)N=CN2. The molecular weight excluding hydrogens is 220 g/mol. The number of benzene rings is 1. The first-order valence-corrected chi connectivity index (χ1v) is 5.37. The number of anilines is 1. The average Bonchev–Trinajstić information content (AvgIpc) is 2.17. The monoisotopic (exact) mass is 226 g/mol. The first-order valence-electron chi connectivity index (χ1n) is 3.93. The fourth-order valence-electron chi connectivity index (χ4n) is 1.21. The predicted octanol–water partition coefficient (Wildman–Crippen LogP) is 0.527. The molecule has 1 aliphatic rings. The zero-order valence-corrected chi connectivity index (χ0v) is 8.15. The maximum atomic E-state index is 11.4. The van der Waals surface area contributed by atoms with Crippen LogP contribution in [0.25, 0.3) is 0 Å². The highest BCUT2D eigenvalue weighted by atomic mass is 32.2. The van der Waals surface area contributed by atoms with E-state index in [9.17, 15) is 13.2 Å². The zero-order chi connectivity index (χ0) is 11.1. The number of hydrogen-bond acceptors (Lipinski definition) is 4. The molecule has 2 N–H and O–H groups in total. The smallest absolute Gasteiger partial charge is 0.335 e. The van der Waals surface area contributed by atoms with E-state index in [1.54, 1.807) is 0 Å². The molecule has 0 unspecified atom stereocenters. The van der Waals surface area contributed by atoms with Crippen molar-refractivity contribution in [1.29, 1.82) is 0 Å². The standard InChI is InChI=1S/C8H6N2O4S/c11-8(12)5-1-2-6-7(3-5)15(13,14)10-4-9-6/h1-4H,(H,9,10)(H,11,12).